The summed E-state index contributed by atoms with van der Waals surface area (Å²) in [5, 5.41) is 22.1. The molecule has 152 valence electrons. The molecule has 0 aromatic carbocycles. The number of nitrogens with one attached hydrogen (secondary N) is 1. The minimum absolute atomic E-state index is 0. The van der Waals surface area contributed by atoms with E-state index in [4.69, 9.17) is 11.3 Å². The number of fused-ring (bicyclic) bond motifs is 1. The quantitative estimate of drug-likeness (QED) is 0.0775. The first-order valence-corrected chi connectivity index (χ1v) is 9.84. The minimum atomic E-state index is -1.56. The number of thioether (sulfide) groups is 1. The van der Waals surface area contributed by atoms with Gasteiger partial charge < -0.3 is 25.8 Å². The molecule has 1 aromatic heterocycles. The topological polar surface area (TPSA) is 199 Å². The number of oxime groups is 1. The Kier molecular flexibility index (Phi) is 8.11. The van der Waals surface area contributed by atoms with Gasteiger partial charge in [-0.2, -0.15) is 0 Å². The smallest absolute Gasteiger partial charge is 0.543 e. The van der Waals surface area contributed by atoms with E-state index in [1.807, 2.05) is 0 Å². The van der Waals surface area contributed by atoms with Crippen molar-refractivity contribution >= 4 is 51.7 Å². The second-order valence-electron chi connectivity index (χ2n) is 5.68. The van der Waals surface area contributed by atoms with Crippen molar-refractivity contribution in [1.82, 2.24) is 15.2 Å². The third-order valence-electron chi connectivity index (χ3n) is 4.01. The van der Waals surface area contributed by atoms with Crippen molar-refractivity contribution in [3.05, 3.63) is 32.8 Å². The van der Waals surface area contributed by atoms with Crippen LogP contribution in [0.2, 0.25) is 0 Å². The second kappa shape index (κ2) is 10.1. The Morgan fingerprint density at radius 3 is 2.87 bits per heavy atom. The summed E-state index contributed by atoms with van der Waals surface area (Å²) in [6.07, 6.45) is 0. The summed E-state index contributed by atoms with van der Waals surface area (Å²) >= 11 is 2.33. The van der Waals surface area contributed by atoms with E-state index in [0.717, 1.165) is 16.2 Å². The number of carboxylic acid groups (broad SMARTS) is 1. The number of hydrogen-bond donors (Lipinski definition) is 2. The SMILES string of the molecule is CO/N=C(/C(=O)N[C@@H]1C(=O)N2C(C(=O)[O-])=C(CN=[N+]=[N-])CS[C@H]12)c1csc(N)n1.[Na+]. The summed E-state index contributed by atoms with van der Waals surface area (Å²) in [7, 11) is 1.25. The molecule has 1 fully saturated rings. The Hall–Kier alpha value is -2.29. The van der Waals surface area contributed by atoms with Crippen LogP contribution >= 0.6 is 23.1 Å². The molecular weight excluding hydrogens is 447 g/mol. The van der Waals surface area contributed by atoms with E-state index in [-0.39, 0.29) is 69.7 Å². The second-order valence-corrected chi connectivity index (χ2v) is 7.68. The van der Waals surface area contributed by atoms with E-state index in [1.54, 1.807) is 0 Å². The molecule has 2 aliphatic heterocycles. The Bertz CT molecular complexity index is 989. The van der Waals surface area contributed by atoms with E-state index in [1.165, 1.54) is 24.3 Å². The van der Waals surface area contributed by atoms with Crippen LogP contribution in [0.1, 0.15) is 5.69 Å². The van der Waals surface area contributed by atoms with Gasteiger partial charge >= 0.3 is 29.6 Å². The molecule has 0 saturated carbocycles. The molecule has 2 aliphatic rings. The van der Waals surface area contributed by atoms with Gasteiger partial charge in [0.1, 0.15) is 24.2 Å². The molecule has 2 atom stereocenters. The van der Waals surface area contributed by atoms with Crippen molar-refractivity contribution in [1.29, 1.82) is 0 Å². The molecule has 0 spiro atoms. The van der Waals surface area contributed by atoms with E-state index in [9.17, 15) is 19.5 Å². The van der Waals surface area contributed by atoms with Crippen molar-refractivity contribution in [2.45, 2.75) is 11.4 Å². The molecule has 13 nitrogen and oxygen atoms in total. The zero-order valence-corrected chi connectivity index (χ0v) is 19.4. The van der Waals surface area contributed by atoms with Gasteiger partial charge in [-0.25, -0.2) is 4.98 Å². The zero-order valence-electron chi connectivity index (χ0n) is 15.8. The van der Waals surface area contributed by atoms with Crippen LogP contribution in [0.5, 0.6) is 0 Å². The largest absolute Gasteiger partial charge is 1.00 e. The van der Waals surface area contributed by atoms with E-state index in [2.05, 4.69) is 30.3 Å². The molecule has 3 N–H and O–H groups in total. The van der Waals surface area contributed by atoms with Crippen LogP contribution in [-0.4, -0.2) is 64.2 Å². The number of carboxylic acids is 1. The van der Waals surface area contributed by atoms with E-state index in [0.29, 0.717) is 0 Å². The van der Waals surface area contributed by atoms with Gasteiger partial charge in [0, 0.05) is 16.0 Å². The summed E-state index contributed by atoms with van der Waals surface area (Å²) in [6.45, 7) is -0.198. The molecular formula is C14H13N8NaO5S2. The Morgan fingerprint density at radius 1 is 1.57 bits per heavy atom. The molecule has 30 heavy (non-hydrogen) atoms. The van der Waals surface area contributed by atoms with Crippen LogP contribution < -0.4 is 45.7 Å². The van der Waals surface area contributed by atoms with Crippen molar-refractivity contribution in [2.75, 3.05) is 25.1 Å². The minimum Gasteiger partial charge on any atom is -0.543 e. The van der Waals surface area contributed by atoms with Crippen molar-refractivity contribution in [2.24, 2.45) is 10.3 Å². The van der Waals surface area contributed by atoms with Gasteiger partial charge in [-0.15, -0.1) is 23.1 Å². The number of aromatic nitrogens is 1. The maximum atomic E-state index is 12.6. The maximum absolute atomic E-state index is 12.6. The predicted octanol–water partition coefficient (Wildman–Crippen LogP) is -4.21. The average molecular weight is 460 g/mol. The molecule has 1 saturated heterocycles. The number of nitrogen functional groups attached to an aromatic ring is 1. The number of azide groups is 1. The van der Waals surface area contributed by atoms with Crippen LogP contribution in [0.3, 0.4) is 0 Å². The van der Waals surface area contributed by atoms with Crippen LogP contribution in [0.25, 0.3) is 10.4 Å². The molecule has 0 unspecified atom stereocenters. The number of carbonyl (C=O) groups is 3. The molecule has 0 bridgehead atoms. The standard InChI is InChI=1S/C14H14N8O5S2.Na/c1-27-20-7(6-4-29-14(15)18-6)10(23)19-8-11(24)22-9(13(25)26)5(2-17-21-16)3-28-12(8)22;/h4,8,12H,2-3H2,1H3,(H2,15,18)(H,19,23)(H,25,26);/q;+1/p-1/b20-7+;/t8-,12-;/m1./s1. The van der Waals surface area contributed by atoms with E-state index >= 15 is 0 Å². The van der Waals surface area contributed by atoms with Crippen molar-refractivity contribution in [3.63, 3.8) is 0 Å². The van der Waals surface area contributed by atoms with Gasteiger partial charge in [-0.3, -0.25) is 14.5 Å². The molecule has 0 radical (unpaired) electrons. The molecule has 1 aromatic rings. The number of amides is 2. The van der Waals surface area contributed by atoms with Gasteiger partial charge in [0.15, 0.2) is 10.8 Å². The van der Waals surface area contributed by atoms with E-state index < -0.39 is 29.2 Å². The van der Waals surface area contributed by atoms with Gasteiger partial charge in [0.05, 0.1) is 18.2 Å². The van der Waals surface area contributed by atoms with Crippen LogP contribution in [-0.2, 0) is 19.2 Å². The molecule has 3 heterocycles. The molecule has 2 amide bonds. The summed E-state index contributed by atoms with van der Waals surface area (Å²) in [5.74, 6) is -2.72. The fourth-order valence-corrected chi connectivity index (χ4v) is 4.70. The van der Waals surface area contributed by atoms with Gasteiger partial charge in [-0.1, -0.05) is 10.3 Å². The number of nitrogens with two attached hydrogens (primary N) is 1. The number of nitrogens with zero attached hydrogens (tertiary/aromatic N) is 6. The average Bonchev–Trinajstić information content (AvgIpc) is 3.13. The number of rotatable bonds is 7. The first-order chi connectivity index (χ1) is 13.9. The number of carbonyl (C=O) groups excluding carboxylic acids is 3. The number of hydrogen-bond acceptors (Lipinski definition) is 11. The van der Waals surface area contributed by atoms with Crippen molar-refractivity contribution in [3.8, 4) is 0 Å². The number of β-lactam (4-membered cyclic amide) rings is 1. The first kappa shape index (κ1) is 24.0. The first-order valence-electron chi connectivity index (χ1n) is 7.91. The fourth-order valence-electron chi connectivity index (χ4n) is 2.81. The Balaban J connectivity index is 0.00000320. The monoisotopic (exact) mass is 460 g/mol. The number of aliphatic carboxylic acids is 1. The van der Waals surface area contributed by atoms with Crippen LogP contribution in [0, 0.1) is 0 Å². The van der Waals surface area contributed by atoms with Gasteiger partial charge in [-0.05, 0) is 11.1 Å². The predicted molar refractivity (Wildman–Crippen MR) is 101 cm³/mol. The summed E-state index contributed by atoms with van der Waals surface area (Å²) in [5.41, 5.74) is 13.9. The van der Waals surface area contributed by atoms with Crippen LogP contribution in [0.15, 0.2) is 26.9 Å². The normalized spacial score (nSPS) is 20.4. The number of anilines is 1. The number of thiazole rings is 1. The fraction of sp³-hybridized carbons (Fsp3) is 0.357. The Morgan fingerprint density at radius 2 is 2.30 bits per heavy atom. The summed E-state index contributed by atoms with van der Waals surface area (Å²) < 4.78 is 0. The van der Waals surface area contributed by atoms with Crippen molar-refractivity contribution < 1.29 is 53.9 Å². The third kappa shape index (κ3) is 4.55. The third-order valence-corrected chi connectivity index (χ3v) is 6.03. The summed E-state index contributed by atoms with van der Waals surface area (Å²) in [4.78, 5) is 48.9. The zero-order chi connectivity index (χ0) is 21.1. The van der Waals surface area contributed by atoms with Gasteiger partial charge in [0.25, 0.3) is 11.8 Å². The summed E-state index contributed by atoms with van der Waals surface area (Å²) in [6, 6.07) is -0.985. The molecule has 0 aliphatic carbocycles. The molecule has 16 heteroatoms. The van der Waals surface area contributed by atoms with Gasteiger partial charge in [0.2, 0.25) is 0 Å². The Labute approximate surface area is 199 Å². The maximum Gasteiger partial charge on any atom is 1.00 e. The van der Waals surface area contributed by atoms with Crippen LogP contribution in [0.4, 0.5) is 5.13 Å². The molecule has 3 rings (SSSR count).